The minimum Gasteiger partial charge on any atom is -0.447 e. The number of rotatable bonds is 12. The summed E-state index contributed by atoms with van der Waals surface area (Å²) in [5.74, 6) is -0.0865. The van der Waals surface area contributed by atoms with Crippen molar-refractivity contribution in [1.29, 1.82) is 0 Å². The minimum absolute atomic E-state index is 0. The van der Waals surface area contributed by atoms with E-state index in [0.29, 0.717) is 23.7 Å². The number of hydrogen-bond donors (Lipinski definition) is 4. The highest BCUT2D eigenvalue weighted by Gasteiger charge is 2.04. The molecule has 0 fully saturated rings. The maximum absolute atomic E-state index is 11.6. The molecule has 0 radical (unpaired) electrons. The molecule has 0 atom stereocenters. The maximum atomic E-state index is 11.6. The molecule has 258 valence electrons. The Kier molecular flexibility index (Phi) is 20.6. The number of ether oxygens (including phenoxy) is 2. The van der Waals surface area contributed by atoms with Crippen LogP contribution in [0.3, 0.4) is 0 Å². The number of aliphatic hydroxyl groups is 2. The van der Waals surface area contributed by atoms with Crippen LogP contribution in [0.25, 0.3) is 0 Å². The lowest BCUT2D eigenvalue weighted by Crippen LogP contribution is -2.16. The van der Waals surface area contributed by atoms with Crippen molar-refractivity contribution in [3.63, 3.8) is 0 Å². The highest BCUT2D eigenvalue weighted by atomic mass is 16.6. The first-order chi connectivity index (χ1) is 23.3. The lowest BCUT2D eigenvalue weighted by atomic mass is 10.0. The van der Waals surface area contributed by atoms with Crippen LogP contribution in [0.2, 0.25) is 0 Å². The number of nitrogens with one attached hydrogen (secondary N) is 2. The Morgan fingerprint density at radius 3 is 1.33 bits per heavy atom. The number of methoxy groups -OCH3 is 1. The summed E-state index contributed by atoms with van der Waals surface area (Å²) in [5, 5.41) is 20.7. The van der Waals surface area contributed by atoms with Gasteiger partial charge in [0.1, 0.15) is 6.61 Å². The Morgan fingerprint density at radius 2 is 1.00 bits per heavy atom. The third-order valence-corrected chi connectivity index (χ3v) is 6.13. The van der Waals surface area contributed by atoms with Gasteiger partial charge < -0.3 is 25.0 Å². The molecule has 49 heavy (non-hydrogen) atoms. The third kappa shape index (κ3) is 17.7. The van der Waals surface area contributed by atoms with Crippen molar-refractivity contribution in [2.45, 2.75) is 27.2 Å². The van der Waals surface area contributed by atoms with E-state index >= 15 is 0 Å². The van der Waals surface area contributed by atoms with Gasteiger partial charge in [-0.3, -0.25) is 10.1 Å². The smallest absolute Gasteiger partial charge is 0.411 e. The Bertz CT molecular complexity index is 1570. The van der Waals surface area contributed by atoms with Crippen LogP contribution >= 0.6 is 0 Å². The number of anilines is 2. The normalized spacial score (nSPS) is 9.39. The molecular weight excluding hydrogens is 628 g/mol. The number of amides is 2. The number of carbonyl (C=O) groups is 2. The first-order valence-corrected chi connectivity index (χ1v) is 14.7. The molecule has 0 unspecified atom stereocenters. The van der Waals surface area contributed by atoms with Crippen molar-refractivity contribution < 1.29 is 38.9 Å². The molecule has 0 aliphatic carbocycles. The molecule has 0 heterocycles. The number of benzene rings is 4. The van der Waals surface area contributed by atoms with Gasteiger partial charge in [0.2, 0.25) is 18.1 Å². The standard InChI is InChI=1S/C19H22N2O4.C15H10N2O2.C2H6O2.CH4/c1-14(22)20-17-7-3-15(4-8-17)13-16-5-9-18(10-6-16)21-19(23)25-12-11-24-2;18-10-16-14-5-1-12(2-6-14)9-13-3-7-15(8-4-13)17-11-19;3-1-2-4;/h3-10H,11-13H2,1-2H3,(H,20,22)(H,21,23);1-8H,9H2;3-4H,1-2H2;1H4. The van der Waals surface area contributed by atoms with E-state index in [-0.39, 0.29) is 33.2 Å². The van der Waals surface area contributed by atoms with E-state index < -0.39 is 6.09 Å². The maximum Gasteiger partial charge on any atom is 0.411 e. The minimum atomic E-state index is -0.502. The molecular formula is C37H42N4O8. The molecule has 12 nitrogen and oxygen atoms in total. The highest BCUT2D eigenvalue weighted by molar-refractivity contribution is 5.88. The summed E-state index contributed by atoms with van der Waals surface area (Å²) in [6, 6.07) is 30.0. The molecule has 4 aromatic rings. The van der Waals surface area contributed by atoms with Gasteiger partial charge in [0.15, 0.2) is 0 Å². The molecule has 4 rings (SSSR count). The monoisotopic (exact) mass is 670 g/mol. The molecule has 0 aliphatic rings. The summed E-state index contributed by atoms with van der Waals surface area (Å²) in [4.78, 5) is 49.8. The second-order valence-electron chi connectivity index (χ2n) is 9.87. The van der Waals surface area contributed by atoms with Crippen LogP contribution in [0.1, 0.15) is 36.6 Å². The van der Waals surface area contributed by atoms with Gasteiger partial charge in [-0.05, 0) is 83.6 Å². The van der Waals surface area contributed by atoms with E-state index in [4.69, 9.17) is 19.7 Å². The lowest BCUT2D eigenvalue weighted by Gasteiger charge is -2.08. The van der Waals surface area contributed by atoms with Crippen molar-refractivity contribution in [2.75, 3.05) is 44.2 Å². The van der Waals surface area contributed by atoms with Crippen LogP contribution in [-0.2, 0) is 36.7 Å². The summed E-state index contributed by atoms with van der Waals surface area (Å²) < 4.78 is 9.76. The summed E-state index contributed by atoms with van der Waals surface area (Å²) >= 11 is 0. The Morgan fingerprint density at radius 1 is 0.633 bits per heavy atom. The second kappa shape index (κ2) is 24.4. The van der Waals surface area contributed by atoms with Crippen molar-refractivity contribution in [1.82, 2.24) is 0 Å². The van der Waals surface area contributed by atoms with E-state index in [1.165, 1.54) is 19.1 Å². The average molecular weight is 671 g/mol. The van der Waals surface area contributed by atoms with Gasteiger partial charge in [-0.25, -0.2) is 14.4 Å². The number of hydrogen-bond acceptors (Lipinski definition) is 10. The number of carbonyl (C=O) groups excluding carboxylic acids is 4. The molecule has 0 saturated carbocycles. The summed E-state index contributed by atoms with van der Waals surface area (Å²) in [6.07, 6.45) is 4.03. The fourth-order valence-corrected chi connectivity index (χ4v) is 3.94. The van der Waals surface area contributed by atoms with Gasteiger partial charge in [0, 0.05) is 25.4 Å². The van der Waals surface area contributed by atoms with Gasteiger partial charge in [0.25, 0.3) is 0 Å². The molecule has 4 aromatic carbocycles. The van der Waals surface area contributed by atoms with Crippen LogP contribution in [0.5, 0.6) is 0 Å². The molecule has 2 amide bonds. The predicted octanol–water partition coefficient (Wildman–Crippen LogP) is 6.25. The van der Waals surface area contributed by atoms with Crippen LogP contribution in [0.15, 0.2) is 107 Å². The SMILES string of the molecule is C.COCCOC(=O)Nc1ccc(Cc2ccc(NC(C)=O)cc2)cc1.O=C=Nc1ccc(Cc2ccc(N=C=O)cc2)cc1.OCCO. The second-order valence-corrected chi connectivity index (χ2v) is 9.87. The van der Waals surface area contributed by atoms with Gasteiger partial charge in [0.05, 0.1) is 31.2 Å². The summed E-state index contributed by atoms with van der Waals surface area (Å²) in [7, 11) is 1.55. The molecule has 0 aliphatic heterocycles. The first kappa shape index (κ1) is 41.3. The quantitative estimate of drug-likeness (QED) is 0.0777. The van der Waals surface area contributed by atoms with Gasteiger partial charge in [-0.15, -0.1) is 0 Å². The lowest BCUT2D eigenvalue weighted by molar-refractivity contribution is -0.114. The van der Waals surface area contributed by atoms with Crippen molar-refractivity contribution in [2.24, 2.45) is 9.98 Å². The van der Waals surface area contributed by atoms with E-state index in [2.05, 4.69) is 20.6 Å². The molecule has 4 N–H and O–H groups in total. The van der Waals surface area contributed by atoms with E-state index in [0.717, 1.165) is 40.8 Å². The zero-order valence-electron chi connectivity index (χ0n) is 26.7. The highest BCUT2D eigenvalue weighted by Crippen LogP contribution is 2.18. The Hall–Kier alpha value is -5.74. The number of aliphatic imine (C=N–C) groups is 2. The molecule has 0 aromatic heterocycles. The summed E-state index contributed by atoms with van der Waals surface area (Å²) in [6.45, 7) is 1.82. The van der Waals surface area contributed by atoms with Crippen LogP contribution in [0, 0.1) is 0 Å². The zero-order valence-corrected chi connectivity index (χ0v) is 26.7. The van der Waals surface area contributed by atoms with Crippen LogP contribution in [-0.4, -0.2) is 67.9 Å². The van der Waals surface area contributed by atoms with E-state index in [1.54, 1.807) is 31.4 Å². The van der Waals surface area contributed by atoms with Crippen LogP contribution in [0.4, 0.5) is 27.5 Å². The number of isocyanates is 2. The van der Waals surface area contributed by atoms with Crippen molar-refractivity contribution in [3.05, 3.63) is 119 Å². The molecule has 12 heteroatoms. The fraction of sp³-hybridized carbons (Fsp3) is 0.243. The van der Waals surface area contributed by atoms with Crippen molar-refractivity contribution in [3.8, 4) is 0 Å². The zero-order chi connectivity index (χ0) is 35.0. The Balaban J connectivity index is 0.000000445. The number of nitrogens with zero attached hydrogens (tertiary/aromatic N) is 2. The fourth-order valence-electron chi connectivity index (χ4n) is 3.94. The van der Waals surface area contributed by atoms with E-state index in [1.807, 2.05) is 72.8 Å². The molecule has 0 bridgehead atoms. The van der Waals surface area contributed by atoms with E-state index in [9.17, 15) is 19.2 Å². The molecule has 0 spiro atoms. The van der Waals surface area contributed by atoms with Gasteiger partial charge in [-0.2, -0.15) is 9.98 Å². The van der Waals surface area contributed by atoms with Gasteiger partial charge in [-0.1, -0.05) is 56.0 Å². The third-order valence-electron chi connectivity index (χ3n) is 6.13. The predicted molar refractivity (Wildman–Crippen MR) is 189 cm³/mol. The topological polar surface area (TPSA) is 176 Å². The average Bonchev–Trinajstić information content (AvgIpc) is 3.09. The van der Waals surface area contributed by atoms with Gasteiger partial charge >= 0.3 is 6.09 Å². The van der Waals surface area contributed by atoms with Crippen LogP contribution < -0.4 is 10.6 Å². The number of aliphatic hydroxyl groups excluding tert-OH is 2. The largest absolute Gasteiger partial charge is 0.447 e. The molecule has 0 saturated heterocycles. The Labute approximate surface area is 286 Å². The first-order valence-electron chi connectivity index (χ1n) is 14.7. The van der Waals surface area contributed by atoms with Crippen molar-refractivity contribution >= 4 is 46.9 Å². The summed E-state index contributed by atoms with van der Waals surface area (Å²) in [5.41, 5.74) is 7.10.